The molecule has 1 heterocycles. The van der Waals surface area contributed by atoms with Crippen LogP contribution >= 0.6 is 11.6 Å². The van der Waals surface area contributed by atoms with Crippen molar-refractivity contribution in [2.45, 2.75) is 6.54 Å². The molecular weight excluding hydrogens is 246 g/mol. The summed E-state index contributed by atoms with van der Waals surface area (Å²) in [6, 6.07) is 15.9. The summed E-state index contributed by atoms with van der Waals surface area (Å²) in [5, 5.41) is 0.762. The molecule has 1 aliphatic heterocycles. The smallest absolute Gasteiger partial charge is 0.150 e. The fourth-order valence-electron chi connectivity index (χ4n) is 2.02. The summed E-state index contributed by atoms with van der Waals surface area (Å²) >= 11 is 6.00. The van der Waals surface area contributed by atoms with Crippen LogP contribution in [0.2, 0.25) is 5.02 Å². The second-order valence-corrected chi connectivity index (χ2v) is 4.56. The summed E-state index contributed by atoms with van der Waals surface area (Å²) in [6.45, 7) is 0.775. The van der Waals surface area contributed by atoms with Gasteiger partial charge in [0.15, 0.2) is 0 Å². The van der Waals surface area contributed by atoms with Crippen molar-refractivity contribution in [1.29, 1.82) is 0 Å². The lowest BCUT2D eigenvalue weighted by Crippen LogP contribution is -2.18. The van der Waals surface area contributed by atoms with E-state index in [1.165, 1.54) is 5.56 Å². The minimum atomic E-state index is 0.762. The quantitative estimate of drug-likeness (QED) is 0.799. The third-order valence-corrected chi connectivity index (χ3v) is 3.09. The Morgan fingerprint density at radius 3 is 2.83 bits per heavy atom. The van der Waals surface area contributed by atoms with Gasteiger partial charge in [-0.2, -0.15) is 0 Å². The maximum Gasteiger partial charge on any atom is 0.150 e. The van der Waals surface area contributed by atoms with E-state index in [-0.39, 0.29) is 0 Å². The lowest BCUT2D eigenvalue weighted by Gasteiger charge is -2.25. The number of hydrogen-bond donors (Lipinski definition) is 0. The van der Waals surface area contributed by atoms with E-state index < -0.39 is 0 Å². The summed E-state index contributed by atoms with van der Waals surface area (Å²) in [7, 11) is 0. The summed E-state index contributed by atoms with van der Waals surface area (Å²) < 4.78 is 5.47. The van der Waals surface area contributed by atoms with E-state index >= 15 is 0 Å². The molecule has 2 aromatic carbocycles. The summed E-state index contributed by atoms with van der Waals surface area (Å²) in [5.41, 5.74) is 2.24. The molecular formula is C15H12ClNO. The van der Waals surface area contributed by atoms with Crippen molar-refractivity contribution in [2.75, 3.05) is 4.90 Å². The maximum atomic E-state index is 6.00. The first kappa shape index (κ1) is 11.2. The molecule has 3 heteroatoms. The van der Waals surface area contributed by atoms with Crippen molar-refractivity contribution in [3.05, 3.63) is 71.6 Å². The molecule has 0 aliphatic carbocycles. The fourth-order valence-corrected chi connectivity index (χ4v) is 2.23. The van der Waals surface area contributed by atoms with E-state index in [2.05, 4.69) is 11.0 Å². The molecule has 0 radical (unpaired) electrons. The Balaban J connectivity index is 1.89. The Morgan fingerprint density at radius 2 is 1.94 bits per heavy atom. The maximum absolute atomic E-state index is 6.00. The standard InChI is InChI=1S/C15H12ClNO/c16-13-5-3-4-12(10-13)11-17-8-9-18-15-7-2-1-6-14(15)17/h1-10H,11H2. The Hall–Kier alpha value is -1.93. The topological polar surface area (TPSA) is 12.5 Å². The molecule has 1 aliphatic rings. The van der Waals surface area contributed by atoms with Gasteiger partial charge in [0.2, 0.25) is 0 Å². The van der Waals surface area contributed by atoms with Crippen LogP contribution in [-0.2, 0) is 6.54 Å². The van der Waals surface area contributed by atoms with Gasteiger partial charge >= 0.3 is 0 Å². The Kier molecular flexibility index (Phi) is 2.95. The normalized spacial score (nSPS) is 13.1. The van der Waals surface area contributed by atoms with Gasteiger partial charge in [-0.3, -0.25) is 0 Å². The van der Waals surface area contributed by atoms with Gasteiger partial charge in [-0.15, -0.1) is 0 Å². The van der Waals surface area contributed by atoms with Crippen LogP contribution in [0.5, 0.6) is 5.75 Å². The largest absolute Gasteiger partial charge is 0.461 e. The van der Waals surface area contributed by atoms with Crippen molar-refractivity contribution in [2.24, 2.45) is 0 Å². The fraction of sp³-hybridized carbons (Fsp3) is 0.0667. The van der Waals surface area contributed by atoms with Gasteiger partial charge in [0.1, 0.15) is 12.0 Å². The van der Waals surface area contributed by atoms with Crippen LogP contribution in [0.15, 0.2) is 61.0 Å². The van der Waals surface area contributed by atoms with Crippen LogP contribution in [0.3, 0.4) is 0 Å². The molecule has 0 amide bonds. The van der Waals surface area contributed by atoms with E-state index in [0.717, 1.165) is 23.0 Å². The van der Waals surface area contributed by atoms with Crippen molar-refractivity contribution in [1.82, 2.24) is 0 Å². The first-order valence-electron chi connectivity index (χ1n) is 5.76. The van der Waals surface area contributed by atoms with E-state index in [1.807, 2.05) is 48.7 Å². The van der Waals surface area contributed by atoms with Crippen LogP contribution in [0, 0.1) is 0 Å². The van der Waals surface area contributed by atoms with Crippen molar-refractivity contribution in [3.8, 4) is 5.75 Å². The highest BCUT2D eigenvalue weighted by Gasteiger charge is 2.13. The van der Waals surface area contributed by atoms with E-state index in [4.69, 9.17) is 16.3 Å². The zero-order valence-corrected chi connectivity index (χ0v) is 10.5. The minimum absolute atomic E-state index is 0.762. The van der Waals surface area contributed by atoms with Gasteiger partial charge in [0.05, 0.1) is 5.69 Å². The number of anilines is 1. The number of para-hydroxylation sites is 2. The number of rotatable bonds is 2. The number of benzene rings is 2. The first-order chi connectivity index (χ1) is 8.83. The molecule has 0 atom stereocenters. The van der Waals surface area contributed by atoms with Crippen molar-refractivity contribution in [3.63, 3.8) is 0 Å². The number of hydrogen-bond acceptors (Lipinski definition) is 2. The molecule has 0 fully saturated rings. The van der Waals surface area contributed by atoms with Crippen LogP contribution in [-0.4, -0.2) is 0 Å². The average Bonchev–Trinajstić information content (AvgIpc) is 2.39. The van der Waals surface area contributed by atoms with E-state index in [1.54, 1.807) is 6.26 Å². The predicted octanol–water partition coefficient (Wildman–Crippen LogP) is 4.21. The monoisotopic (exact) mass is 257 g/mol. The summed E-state index contributed by atoms with van der Waals surface area (Å²) in [5.74, 6) is 0.877. The summed E-state index contributed by atoms with van der Waals surface area (Å²) in [6.07, 6.45) is 3.64. The molecule has 0 spiro atoms. The molecule has 3 rings (SSSR count). The average molecular weight is 258 g/mol. The highest BCUT2D eigenvalue weighted by molar-refractivity contribution is 6.30. The lowest BCUT2D eigenvalue weighted by atomic mass is 10.2. The minimum Gasteiger partial charge on any atom is -0.461 e. The van der Waals surface area contributed by atoms with E-state index in [9.17, 15) is 0 Å². The van der Waals surface area contributed by atoms with Crippen LogP contribution in [0.4, 0.5) is 5.69 Å². The van der Waals surface area contributed by atoms with Gasteiger partial charge < -0.3 is 9.64 Å². The van der Waals surface area contributed by atoms with Gasteiger partial charge in [-0.25, -0.2) is 0 Å². The number of nitrogens with zero attached hydrogens (tertiary/aromatic N) is 1. The zero-order chi connectivity index (χ0) is 12.4. The molecule has 18 heavy (non-hydrogen) atoms. The van der Waals surface area contributed by atoms with Crippen molar-refractivity contribution < 1.29 is 4.74 Å². The third kappa shape index (κ3) is 2.20. The molecule has 0 bridgehead atoms. The number of fused-ring (bicyclic) bond motifs is 1. The predicted molar refractivity (Wildman–Crippen MR) is 73.8 cm³/mol. The number of halogens is 1. The molecule has 2 aromatic rings. The second kappa shape index (κ2) is 4.75. The van der Waals surface area contributed by atoms with Crippen LogP contribution < -0.4 is 9.64 Å². The number of ether oxygens (including phenoxy) is 1. The van der Waals surface area contributed by atoms with E-state index in [0.29, 0.717) is 0 Å². The highest BCUT2D eigenvalue weighted by Crippen LogP contribution is 2.32. The third-order valence-electron chi connectivity index (χ3n) is 2.85. The van der Waals surface area contributed by atoms with Gasteiger partial charge in [0, 0.05) is 17.8 Å². The Bertz CT molecular complexity index is 595. The SMILES string of the molecule is Clc1cccc(CN2C=COc3ccccc32)c1. The van der Waals surface area contributed by atoms with Gasteiger partial charge in [-0.05, 0) is 29.8 Å². The molecule has 0 saturated heterocycles. The molecule has 0 unspecified atom stereocenters. The van der Waals surface area contributed by atoms with Crippen LogP contribution in [0.25, 0.3) is 0 Å². The second-order valence-electron chi connectivity index (χ2n) is 4.13. The molecule has 2 nitrogen and oxygen atoms in total. The first-order valence-corrected chi connectivity index (χ1v) is 6.14. The Morgan fingerprint density at radius 1 is 1.06 bits per heavy atom. The molecule has 90 valence electrons. The van der Waals surface area contributed by atoms with Crippen LogP contribution in [0.1, 0.15) is 5.56 Å². The highest BCUT2D eigenvalue weighted by atomic mass is 35.5. The zero-order valence-electron chi connectivity index (χ0n) is 9.71. The lowest BCUT2D eigenvalue weighted by molar-refractivity contribution is 0.469. The Labute approximate surface area is 111 Å². The molecule has 0 N–H and O–H groups in total. The summed E-state index contributed by atoms with van der Waals surface area (Å²) in [4.78, 5) is 2.14. The van der Waals surface area contributed by atoms with Crippen molar-refractivity contribution >= 4 is 17.3 Å². The molecule has 0 saturated carbocycles. The van der Waals surface area contributed by atoms with Gasteiger partial charge in [0.25, 0.3) is 0 Å². The molecule has 0 aromatic heterocycles. The van der Waals surface area contributed by atoms with Gasteiger partial charge in [-0.1, -0.05) is 35.9 Å².